The van der Waals surface area contributed by atoms with Gasteiger partial charge in [0.15, 0.2) is 0 Å². The number of thioether (sulfide) groups is 1. The third-order valence-corrected chi connectivity index (χ3v) is 5.24. The van der Waals surface area contributed by atoms with E-state index in [1.165, 1.54) is 11.8 Å². The van der Waals surface area contributed by atoms with Crippen LogP contribution >= 0.6 is 23.4 Å². The minimum Gasteiger partial charge on any atom is -0.393 e. The average molecular weight is 328 g/mol. The molecular weight excluding hydrogens is 306 g/mol. The topological polar surface area (TPSA) is 49.3 Å². The molecule has 0 spiro atoms. The first-order valence-corrected chi connectivity index (χ1v) is 8.68. The fourth-order valence-electron chi connectivity index (χ4n) is 2.51. The number of hydrogen-bond acceptors (Lipinski definition) is 3. The summed E-state index contributed by atoms with van der Waals surface area (Å²) in [5, 5.41) is 13.1. The van der Waals surface area contributed by atoms with Crippen molar-refractivity contribution in [3.63, 3.8) is 0 Å². The Bertz CT molecular complexity index is 458. The maximum atomic E-state index is 12.1. The fourth-order valence-corrected chi connectivity index (χ4v) is 3.53. The Morgan fingerprint density at radius 3 is 2.57 bits per heavy atom. The number of benzene rings is 1. The quantitative estimate of drug-likeness (QED) is 0.814. The highest BCUT2D eigenvalue weighted by Crippen LogP contribution is 2.26. The van der Waals surface area contributed by atoms with E-state index in [-0.39, 0.29) is 17.3 Å². The highest BCUT2D eigenvalue weighted by atomic mass is 35.5. The highest BCUT2D eigenvalue weighted by Gasteiger charge is 2.21. The molecule has 1 fully saturated rings. The van der Waals surface area contributed by atoms with Gasteiger partial charge in [0.05, 0.1) is 11.4 Å². The molecule has 0 radical (unpaired) electrons. The van der Waals surface area contributed by atoms with Crippen molar-refractivity contribution in [2.45, 2.75) is 48.9 Å². The zero-order valence-corrected chi connectivity index (χ0v) is 13.8. The summed E-state index contributed by atoms with van der Waals surface area (Å²) in [6, 6.07) is 7.53. The lowest BCUT2D eigenvalue weighted by Crippen LogP contribution is -2.36. The first kappa shape index (κ1) is 16.7. The Morgan fingerprint density at radius 1 is 1.33 bits per heavy atom. The van der Waals surface area contributed by atoms with E-state index in [1.807, 2.05) is 31.2 Å². The van der Waals surface area contributed by atoms with Crippen LogP contribution in [0.25, 0.3) is 0 Å². The predicted molar refractivity (Wildman–Crippen MR) is 87.7 cm³/mol. The van der Waals surface area contributed by atoms with Gasteiger partial charge in [-0.3, -0.25) is 4.79 Å². The summed E-state index contributed by atoms with van der Waals surface area (Å²) in [6.45, 7) is 2.64. The first-order valence-electron chi connectivity index (χ1n) is 7.42. The number of halogens is 1. The highest BCUT2D eigenvalue weighted by molar-refractivity contribution is 8.00. The number of amides is 1. The molecular formula is C16H22ClNO2S. The van der Waals surface area contributed by atoms with Crippen molar-refractivity contribution < 1.29 is 9.90 Å². The van der Waals surface area contributed by atoms with E-state index < -0.39 is 0 Å². The summed E-state index contributed by atoms with van der Waals surface area (Å²) in [6.07, 6.45) is 3.57. The van der Waals surface area contributed by atoms with Crippen molar-refractivity contribution in [1.29, 1.82) is 0 Å². The van der Waals surface area contributed by atoms with Gasteiger partial charge in [-0.05, 0) is 62.8 Å². The summed E-state index contributed by atoms with van der Waals surface area (Å²) in [7, 11) is 0. The standard InChI is InChI=1S/C16H22ClNO2S/c1-11(21-15-8-4-13(17)5-9-15)16(20)18-10-12-2-6-14(19)7-3-12/h4-5,8-9,11-12,14,19H,2-3,6-7,10H2,1H3,(H,18,20). The molecule has 1 saturated carbocycles. The zero-order valence-electron chi connectivity index (χ0n) is 12.2. The molecule has 5 heteroatoms. The van der Waals surface area contributed by atoms with Gasteiger partial charge in [0, 0.05) is 16.5 Å². The number of nitrogens with one attached hydrogen (secondary N) is 1. The van der Waals surface area contributed by atoms with Crippen LogP contribution in [0.15, 0.2) is 29.2 Å². The van der Waals surface area contributed by atoms with Gasteiger partial charge >= 0.3 is 0 Å². The van der Waals surface area contributed by atoms with Crippen LogP contribution in [0.4, 0.5) is 0 Å². The molecule has 0 aromatic heterocycles. The van der Waals surface area contributed by atoms with Crippen molar-refractivity contribution >= 4 is 29.3 Å². The smallest absolute Gasteiger partial charge is 0.233 e. The number of carbonyl (C=O) groups is 1. The summed E-state index contributed by atoms with van der Waals surface area (Å²) in [5.74, 6) is 0.575. The second-order valence-corrected chi connectivity index (χ2v) is 7.48. The molecule has 3 nitrogen and oxygen atoms in total. The molecule has 0 aliphatic heterocycles. The van der Waals surface area contributed by atoms with Gasteiger partial charge in [-0.1, -0.05) is 11.6 Å². The van der Waals surface area contributed by atoms with Crippen LogP contribution in [0.2, 0.25) is 5.02 Å². The largest absolute Gasteiger partial charge is 0.393 e. The Morgan fingerprint density at radius 2 is 1.95 bits per heavy atom. The maximum Gasteiger partial charge on any atom is 0.233 e. The molecule has 2 N–H and O–H groups in total. The third kappa shape index (κ3) is 5.53. The molecule has 1 aliphatic rings. The molecule has 0 bridgehead atoms. The zero-order chi connectivity index (χ0) is 15.2. The Hall–Kier alpha value is -0.710. The molecule has 0 saturated heterocycles. The van der Waals surface area contributed by atoms with E-state index in [9.17, 15) is 9.90 Å². The predicted octanol–water partition coefficient (Wildman–Crippen LogP) is 3.49. The van der Waals surface area contributed by atoms with Crippen LogP contribution in [0.5, 0.6) is 0 Å². The second-order valence-electron chi connectivity index (χ2n) is 5.63. The van der Waals surface area contributed by atoms with Gasteiger partial charge < -0.3 is 10.4 Å². The van der Waals surface area contributed by atoms with E-state index in [4.69, 9.17) is 11.6 Å². The lowest BCUT2D eigenvalue weighted by atomic mass is 9.87. The van der Waals surface area contributed by atoms with Crippen LogP contribution < -0.4 is 5.32 Å². The summed E-state index contributed by atoms with van der Waals surface area (Å²) in [5.41, 5.74) is 0. The molecule has 1 atom stereocenters. The normalized spacial score (nSPS) is 23.6. The van der Waals surface area contributed by atoms with Crippen LogP contribution in [0, 0.1) is 5.92 Å². The Kier molecular flexibility index (Phi) is 6.40. The van der Waals surface area contributed by atoms with Gasteiger partial charge in [-0.15, -0.1) is 11.8 Å². The van der Waals surface area contributed by atoms with E-state index >= 15 is 0 Å². The number of aliphatic hydroxyl groups is 1. The van der Waals surface area contributed by atoms with Crippen molar-refractivity contribution in [2.24, 2.45) is 5.92 Å². The molecule has 1 aromatic carbocycles. The molecule has 1 aromatic rings. The lowest BCUT2D eigenvalue weighted by Gasteiger charge is -2.25. The van der Waals surface area contributed by atoms with E-state index in [2.05, 4.69) is 5.32 Å². The van der Waals surface area contributed by atoms with Crippen LogP contribution in [0.1, 0.15) is 32.6 Å². The molecule has 2 rings (SSSR count). The molecule has 1 unspecified atom stereocenters. The van der Waals surface area contributed by atoms with Crippen molar-refractivity contribution in [3.8, 4) is 0 Å². The van der Waals surface area contributed by atoms with Crippen LogP contribution in [-0.4, -0.2) is 28.9 Å². The van der Waals surface area contributed by atoms with Crippen molar-refractivity contribution in [1.82, 2.24) is 5.32 Å². The minimum absolute atomic E-state index is 0.0704. The molecule has 116 valence electrons. The SMILES string of the molecule is CC(Sc1ccc(Cl)cc1)C(=O)NCC1CCC(O)CC1. The Balaban J connectivity index is 1.73. The number of hydrogen-bond donors (Lipinski definition) is 2. The van der Waals surface area contributed by atoms with Gasteiger partial charge in [0.2, 0.25) is 5.91 Å². The Labute approximate surface area is 135 Å². The van der Waals surface area contributed by atoms with E-state index in [0.717, 1.165) is 37.1 Å². The van der Waals surface area contributed by atoms with Crippen LogP contribution in [0.3, 0.4) is 0 Å². The number of rotatable bonds is 5. The van der Waals surface area contributed by atoms with Crippen molar-refractivity contribution in [2.75, 3.05) is 6.54 Å². The van der Waals surface area contributed by atoms with E-state index in [1.54, 1.807) is 0 Å². The monoisotopic (exact) mass is 327 g/mol. The number of aliphatic hydroxyl groups excluding tert-OH is 1. The molecule has 1 amide bonds. The fraction of sp³-hybridized carbons (Fsp3) is 0.562. The van der Waals surface area contributed by atoms with Crippen LogP contribution in [-0.2, 0) is 4.79 Å². The summed E-state index contributed by atoms with van der Waals surface area (Å²) in [4.78, 5) is 13.2. The second kappa shape index (κ2) is 8.06. The van der Waals surface area contributed by atoms with Gasteiger partial charge in [-0.25, -0.2) is 0 Å². The molecule has 21 heavy (non-hydrogen) atoms. The maximum absolute atomic E-state index is 12.1. The molecule has 0 heterocycles. The summed E-state index contributed by atoms with van der Waals surface area (Å²) < 4.78 is 0. The van der Waals surface area contributed by atoms with Gasteiger partial charge in [0.1, 0.15) is 0 Å². The first-order chi connectivity index (χ1) is 10.0. The number of carbonyl (C=O) groups excluding carboxylic acids is 1. The summed E-state index contributed by atoms with van der Waals surface area (Å²) >= 11 is 7.39. The minimum atomic E-state index is -0.142. The van der Waals surface area contributed by atoms with Gasteiger partial charge in [0.25, 0.3) is 0 Å². The lowest BCUT2D eigenvalue weighted by molar-refractivity contribution is -0.120. The molecule has 1 aliphatic carbocycles. The van der Waals surface area contributed by atoms with E-state index in [0.29, 0.717) is 10.9 Å². The average Bonchev–Trinajstić information content (AvgIpc) is 2.48. The van der Waals surface area contributed by atoms with Gasteiger partial charge in [-0.2, -0.15) is 0 Å². The van der Waals surface area contributed by atoms with Crippen molar-refractivity contribution in [3.05, 3.63) is 29.3 Å². The third-order valence-electron chi connectivity index (χ3n) is 3.88.